The van der Waals surface area contributed by atoms with Gasteiger partial charge in [-0.15, -0.1) is 0 Å². The van der Waals surface area contributed by atoms with Crippen LogP contribution in [0.3, 0.4) is 0 Å². The molecule has 1 saturated carbocycles. The number of nitrogens with zero attached hydrogens (tertiary/aromatic N) is 2. The highest BCUT2D eigenvalue weighted by Crippen LogP contribution is 2.39. The summed E-state index contributed by atoms with van der Waals surface area (Å²) in [7, 11) is 0. The minimum Gasteiger partial charge on any atom is -0.493 e. The smallest absolute Gasteiger partial charge is 0.422 e. The SMILES string of the molecule is C[C@@H](NC(=O)[C@@H]1C[C@H]1COc1cccc(C#N)c1)c1ccc(OCC(F)(F)F)cn1. The van der Waals surface area contributed by atoms with Crippen molar-refractivity contribution in [3.05, 3.63) is 53.9 Å². The van der Waals surface area contributed by atoms with Crippen molar-refractivity contribution in [1.29, 1.82) is 5.26 Å². The molecular weight excluding hydrogens is 399 g/mol. The number of hydrogen-bond donors (Lipinski definition) is 1. The number of ether oxygens (including phenoxy) is 2. The molecule has 6 nitrogen and oxygen atoms in total. The molecular formula is C21H20F3N3O3. The fourth-order valence-electron chi connectivity index (χ4n) is 2.90. The highest BCUT2D eigenvalue weighted by molar-refractivity contribution is 5.81. The van der Waals surface area contributed by atoms with E-state index >= 15 is 0 Å². The van der Waals surface area contributed by atoms with Gasteiger partial charge in [0.15, 0.2) is 6.61 Å². The molecule has 0 aliphatic heterocycles. The normalized spacial score (nSPS) is 18.8. The highest BCUT2D eigenvalue weighted by atomic mass is 19.4. The summed E-state index contributed by atoms with van der Waals surface area (Å²) in [4.78, 5) is 16.5. The van der Waals surface area contributed by atoms with E-state index < -0.39 is 18.8 Å². The molecule has 1 aromatic heterocycles. The van der Waals surface area contributed by atoms with Gasteiger partial charge in [-0.3, -0.25) is 9.78 Å². The summed E-state index contributed by atoms with van der Waals surface area (Å²) in [6, 6.07) is 11.4. The maximum absolute atomic E-state index is 12.4. The van der Waals surface area contributed by atoms with E-state index in [4.69, 9.17) is 10.00 Å². The monoisotopic (exact) mass is 419 g/mol. The first-order chi connectivity index (χ1) is 14.2. The molecule has 1 aliphatic carbocycles. The summed E-state index contributed by atoms with van der Waals surface area (Å²) >= 11 is 0. The van der Waals surface area contributed by atoms with Gasteiger partial charge >= 0.3 is 6.18 Å². The van der Waals surface area contributed by atoms with Crippen LogP contribution in [0.15, 0.2) is 42.6 Å². The Kier molecular flexibility index (Phi) is 6.45. The van der Waals surface area contributed by atoms with E-state index in [0.717, 1.165) is 0 Å². The van der Waals surface area contributed by atoms with Crippen LogP contribution in [-0.2, 0) is 4.79 Å². The van der Waals surface area contributed by atoms with Gasteiger partial charge in [0.2, 0.25) is 5.91 Å². The van der Waals surface area contributed by atoms with Gasteiger partial charge in [0.05, 0.1) is 36.2 Å². The second kappa shape index (κ2) is 9.03. The lowest BCUT2D eigenvalue weighted by Gasteiger charge is -2.14. The Balaban J connectivity index is 1.44. The molecule has 0 radical (unpaired) electrons. The topological polar surface area (TPSA) is 84.2 Å². The van der Waals surface area contributed by atoms with Crippen LogP contribution in [0.4, 0.5) is 13.2 Å². The second-order valence-electron chi connectivity index (χ2n) is 7.11. The first kappa shape index (κ1) is 21.4. The summed E-state index contributed by atoms with van der Waals surface area (Å²) in [6.07, 6.45) is -2.51. The number of alkyl halides is 3. The van der Waals surface area contributed by atoms with Crippen molar-refractivity contribution in [3.8, 4) is 17.6 Å². The van der Waals surface area contributed by atoms with Crippen molar-refractivity contribution in [3.63, 3.8) is 0 Å². The van der Waals surface area contributed by atoms with Gasteiger partial charge in [-0.05, 0) is 43.7 Å². The predicted molar refractivity (Wildman–Crippen MR) is 101 cm³/mol. The van der Waals surface area contributed by atoms with Crippen molar-refractivity contribution in [1.82, 2.24) is 10.3 Å². The minimum absolute atomic E-state index is 0.00877. The zero-order chi connectivity index (χ0) is 21.7. The number of carbonyl (C=O) groups excluding carboxylic acids is 1. The molecule has 2 aromatic rings. The van der Waals surface area contributed by atoms with E-state index in [-0.39, 0.29) is 23.5 Å². The van der Waals surface area contributed by atoms with Crippen LogP contribution in [-0.4, -0.2) is 30.3 Å². The maximum Gasteiger partial charge on any atom is 0.422 e. The molecule has 3 atom stereocenters. The number of rotatable bonds is 8. The van der Waals surface area contributed by atoms with E-state index in [1.807, 2.05) is 6.07 Å². The number of pyridine rings is 1. The Morgan fingerprint density at radius 3 is 2.77 bits per heavy atom. The number of aromatic nitrogens is 1. The van der Waals surface area contributed by atoms with Crippen LogP contribution in [0.2, 0.25) is 0 Å². The molecule has 0 bridgehead atoms. The fourth-order valence-corrected chi connectivity index (χ4v) is 2.90. The first-order valence-corrected chi connectivity index (χ1v) is 9.34. The molecule has 1 N–H and O–H groups in total. The molecule has 1 heterocycles. The molecule has 0 spiro atoms. The van der Waals surface area contributed by atoms with Crippen LogP contribution in [0.1, 0.15) is 30.6 Å². The lowest BCUT2D eigenvalue weighted by atomic mass is 10.2. The third-order valence-electron chi connectivity index (χ3n) is 4.65. The summed E-state index contributed by atoms with van der Waals surface area (Å²) in [5.41, 5.74) is 1.03. The van der Waals surface area contributed by atoms with Crippen LogP contribution in [0, 0.1) is 23.2 Å². The molecule has 1 fully saturated rings. The number of hydrogen-bond acceptors (Lipinski definition) is 5. The Morgan fingerprint density at radius 2 is 2.10 bits per heavy atom. The largest absolute Gasteiger partial charge is 0.493 e. The number of carbonyl (C=O) groups is 1. The van der Waals surface area contributed by atoms with E-state index in [1.54, 1.807) is 31.2 Å². The summed E-state index contributed by atoms with van der Waals surface area (Å²) in [5.74, 6) is 0.399. The molecule has 3 rings (SSSR count). The molecule has 1 aliphatic rings. The summed E-state index contributed by atoms with van der Waals surface area (Å²) < 4.78 is 46.8. The first-order valence-electron chi connectivity index (χ1n) is 9.34. The quantitative estimate of drug-likeness (QED) is 0.704. The third kappa shape index (κ3) is 6.11. The maximum atomic E-state index is 12.4. The van der Waals surface area contributed by atoms with Crippen molar-refractivity contribution in [2.75, 3.05) is 13.2 Å². The van der Waals surface area contributed by atoms with E-state index in [1.165, 1.54) is 18.3 Å². The van der Waals surface area contributed by atoms with Crippen molar-refractivity contribution >= 4 is 5.91 Å². The lowest BCUT2D eigenvalue weighted by molar-refractivity contribution is -0.153. The average molecular weight is 419 g/mol. The average Bonchev–Trinajstić information content (AvgIpc) is 3.50. The van der Waals surface area contributed by atoms with Gasteiger partial charge in [0.25, 0.3) is 0 Å². The number of nitriles is 1. The molecule has 30 heavy (non-hydrogen) atoms. The van der Waals surface area contributed by atoms with E-state index in [9.17, 15) is 18.0 Å². The fraction of sp³-hybridized carbons (Fsp3) is 0.381. The van der Waals surface area contributed by atoms with E-state index in [2.05, 4.69) is 15.0 Å². The van der Waals surface area contributed by atoms with Crippen LogP contribution >= 0.6 is 0 Å². The third-order valence-corrected chi connectivity index (χ3v) is 4.65. The van der Waals surface area contributed by atoms with E-state index in [0.29, 0.717) is 30.0 Å². The molecule has 0 saturated heterocycles. The number of halogens is 3. The Morgan fingerprint density at radius 1 is 1.30 bits per heavy atom. The standard InChI is InChI=1S/C21H20F3N3O3/c1-13(19-6-5-17(10-26-19)30-12-21(22,23)24)27-20(28)18-8-15(18)11-29-16-4-2-3-14(7-16)9-25/h2-7,10,13,15,18H,8,11-12H2,1H3,(H,27,28)/t13-,15+,18-/m1/s1. The number of amides is 1. The Labute approximate surface area is 171 Å². The Hall–Kier alpha value is -3.28. The van der Waals surface area contributed by atoms with Gasteiger partial charge in [-0.25, -0.2) is 0 Å². The van der Waals surface area contributed by atoms with Crippen molar-refractivity contribution in [2.45, 2.75) is 25.6 Å². The molecule has 9 heteroatoms. The van der Waals surface area contributed by atoms with Crippen LogP contribution in [0.5, 0.6) is 11.5 Å². The molecule has 158 valence electrons. The van der Waals surface area contributed by atoms with Crippen LogP contribution in [0.25, 0.3) is 0 Å². The van der Waals surface area contributed by atoms with Gasteiger partial charge in [0.1, 0.15) is 11.5 Å². The second-order valence-corrected chi connectivity index (χ2v) is 7.11. The molecule has 1 amide bonds. The van der Waals surface area contributed by atoms with Gasteiger partial charge in [-0.2, -0.15) is 18.4 Å². The number of benzene rings is 1. The zero-order valence-corrected chi connectivity index (χ0v) is 16.1. The summed E-state index contributed by atoms with van der Waals surface area (Å²) in [6.45, 7) is 0.745. The van der Waals surface area contributed by atoms with Crippen molar-refractivity contribution < 1.29 is 27.4 Å². The predicted octanol–water partition coefficient (Wildman–Crippen LogP) is 3.79. The Bertz CT molecular complexity index is 926. The highest BCUT2D eigenvalue weighted by Gasteiger charge is 2.43. The minimum atomic E-state index is -4.41. The van der Waals surface area contributed by atoms with Crippen molar-refractivity contribution in [2.24, 2.45) is 11.8 Å². The summed E-state index contributed by atoms with van der Waals surface area (Å²) in [5, 5.41) is 11.8. The lowest BCUT2D eigenvalue weighted by Crippen LogP contribution is -2.29. The number of nitrogens with one attached hydrogen (secondary N) is 1. The van der Waals surface area contributed by atoms with Gasteiger partial charge in [-0.1, -0.05) is 6.07 Å². The molecule has 0 unspecified atom stereocenters. The molecule has 1 aromatic carbocycles. The zero-order valence-electron chi connectivity index (χ0n) is 16.1. The van der Waals surface area contributed by atoms with Gasteiger partial charge in [0, 0.05) is 11.8 Å². The van der Waals surface area contributed by atoms with Crippen LogP contribution < -0.4 is 14.8 Å². The van der Waals surface area contributed by atoms with Gasteiger partial charge < -0.3 is 14.8 Å².